The van der Waals surface area contributed by atoms with Crippen molar-refractivity contribution in [1.29, 1.82) is 5.26 Å². The van der Waals surface area contributed by atoms with E-state index in [1.165, 1.54) is 48.4 Å². The maximum atomic E-state index is 9.62. The molecule has 1 spiro atoms. The number of amidine groups is 1. The van der Waals surface area contributed by atoms with Crippen LogP contribution in [0.5, 0.6) is 0 Å². The Morgan fingerprint density at radius 2 is 1.30 bits per heavy atom. The van der Waals surface area contributed by atoms with E-state index in [1.54, 1.807) is 0 Å². The second kappa shape index (κ2) is 13.1. The zero-order valence-electron chi connectivity index (χ0n) is 30.4. The molecule has 2 aliphatic heterocycles. The molecule has 4 atom stereocenters. The summed E-state index contributed by atoms with van der Waals surface area (Å²) in [5.41, 5.74) is 11.4. The molecule has 56 heavy (non-hydrogen) atoms. The van der Waals surface area contributed by atoms with Gasteiger partial charge in [0.15, 0.2) is 0 Å². The van der Waals surface area contributed by atoms with Crippen LogP contribution in [0.25, 0.3) is 21.9 Å². The summed E-state index contributed by atoms with van der Waals surface area (Å²) in [5, 5.41) is 19.7. The Morgan fingerprint density at radius 3 is 2.09 bits per heavy atom. The van der Waals surface area contributed by atoms with Crippen molar-refractivity contribution < 1.29 is 0 Å². The van der Waals surface area contributed by atoms with Crippen molar-refractivity contribution in [1.82, 2.24) is 10.6 Å². The van der Waals surface area contributed by atoms with Crippen LogP contribution in [0, 0.1) is 17.2 Å². The van der Waals surface area contributed by atoms with Crippen molar-refractivity contribution in [2.75, 3.05) is 0 Å². The molecule has 0 fully saturated rings. The summed E-state index contributed by atoms with van der Waals surface area (Å²) >= 11 is 1.88. The largest absolute Gasteiger partial charge is 0.350 e. The van der Waals surface area contributed by atoms with Gasteiger partial charge in [0.1, 0.15) is 18.2 Å². The van der Waals surface area contributed by atoms with Crippen LogP contribution < -0.4 is 10.6 Å². The number of rotatable bonds is 4. The second-order valence-corrected chi connectivity index (χ2v) is 16.1. The third-order valence-electron chi connectivity index (χ3n) is 12.1. The van der Waals surface area contributed by atoms with Gasteiger partial charge in [-0.2, -0.15) is 5.26 Å². The highest BCUT2D eigenvalue weighted by molar-refractivity contribution is 7.99. The molecule has 0 amide bonds. The fourth-order valence-electron chi connectivity index (χ4n) is 9.77. The zero-order chi connectivity index (χ0) is 37.2. The Balaban J connectivity index is 1.13. The highest BCUT2D eigenvalue weighted by Crippen LogP contribution is 2.66. The van der Waals surface area contributed by atoms with Gasteiger partial charge in [-0.3, -0.25) is 5.32 Å². The number of nitriles is 1. The Hall–Kier alpha value is -6.45. The van der Waals surface area contributed by atoms with Gasteiger partial charge in [0.05, 0.1) is 17.0 Å². The molecule has 2 heterocycles. The van der Waals surface area contributed by atoms with Crippen molar-refractivity contribution in [2.45, 2.75) is 33.5 Å². The van der Waals surface area contributed by atoms with Gasteiger partial charge in [0.2, 0.25) is 0 Å². The van der Waals surface area contributed by atoms with Gasteiger partial charge in [0.25, 0.3) is 0 Å². The lowest BCUT2D eigenvalue weighted by molar-refractivity contribution is 0.413. The summed E-state index contributed by atoms with van der Waals surface area (Å²) in [5.74, 6) is 1.06. The van der Waals surface area contributed by atoms with Crippen LogP contribution in [0.4, 0.5) is 0 Å². The van der Waals surface area contributed by atoms with Gasteiger partial charge in [-0.15, -0.1) is 0 Å². The molecule has 7 aromatic carbocycles. The van der Waals surface area contributed by atoms with E-state index in [9.17, 15) is 5.26 Å². The summed E-state index contributed by atoms with van der Waals surface area (Å²) < 4.78 is 0. The average molecular weight is 737 g/mol. The van der Waals surface area contributed by atoms with E-state index in [0.29, 0.717) is 5.56 Å². The minimum Gasteiger partial charge on any atom is -0.350 e. The van der Waals surface area contributed by atoms with Crippen LogP contribution >= 0.6 is 11.8 Å². The number of hydrogen-bond donors (Lipinski definition) is 2. The quantitative estimate of drug-likeness (QED) is 0.189. The fourth-order valence-corrected chi connectivity index (χ4v) is 11.0. The van der Waals surface area contributed by atoms with E-state index in [0.717, 1.165) is 28.1 Å². The molecule has 2 N–H and O–H groups in total. The number of hydrogen-bond acceptors (Lipinski definition) is 5. The Kier molecular flexibility index (Phi) is 7.70. The van der Waals surface area contributed by atoms with Crippen LogP contribution in [0.15, 0.2) is 202 Å². The first kappa shape index (κ1) is 32.9. The molecule has 7 aromatic rings. The number of allylic oxidation sites excluding steroid dienone is 2. The van der Waals surface area contributed by atoms with E-state index in [4.69, 9.17) is 4.99 Å². The Bertz CT molecular complexity index is 2780. The summed E-state index contributed by atoms with van der Waals surface area (Å²) in [6.45, 7) is 0. The number of fused-ring (bicyclic) bond motifs is 10. The normalized spacial score (nSPS) is 21.1. The van der Waals surface area contributed by atoms with Crippen molar-refractivity contribution in [3.05, 3.63) is 227 Å². The Morgan fingerprint density at radius 1 is 0.643 bits per heavy atom. The average Bonchev–Trinajstić information content (AvgIpc) is 3.56. The number of benzene rings is 7. The molecule has 0 saturated carbocycles. The van der Waals surface area contributed by atoms with Crippen LogP contribution in [0.2, 0.25) is 0 Å². The lowest BCUT2D eigenvalue weighted by atomic mass is 9.62. The second-order valence-electron chi connectivity index (χ2n) is 15.0. The number of nitrogens with zero attached hydrogens (tertiary/aromatic N) is 2. The summed E-state index contributed by atoms with van der Waals surface area (Å²) in [4.78, 5) is 8.11. The predicted molar refractivity (Wildman–Crippen MR) is 227 cm³/mol. The smallest absolute Gasteiger partial charge is 0.132 e. The summed E-state index contributed by atoms with van der Waals surface area (Å²) in [6.07, 6.45) is 6.87. The molecule has 266 valence electrons. The third kappa shape index (κ3) is 5.00. The molecule has 0 saturated heterocycles. The standard InChI is InChI=1S/C51H36N4S/c52-31-32-24-26-34(27-25-32)38-17-11-21-43-47(38)40-29-28-36(30-44(40)51(43)41-19-6-8-22-45(41)56-46-23-9-7-20-42(46)51)49-53-48(35-13-2-1-3-14-35)54-50(55-49)39-18-10-15-33-12-4-5-16-37(33)39/h1-30,40,44,48-49,53H,(H,54,55). The predicted octanol–water partition coefficient (Wildman–Crippen LogP) is 11.1. The van der Waals surface area contributed by atoms with Gasteiger partial charge in [0, 0.05) is 27.2 Å². The maximum absolute atomic E-state index is 9.62. The van der Waals surface area contributed by atoms with E-state index in [2.05, 4.69) is 187 Å². The van der Waals surface area contributed by atoms with Crippen LogP contribution in [-0.4, -0.2) is 12.0 Å². The topological polar surface area (TPSA) is 60.2 Å². The van der Waals surface area contributed by atoms with E-state index in [-0.39, 0.29) is 24.2 Å². The van der Waals surface area contributed by atoms with E-state index in [1.807, 2.05) is 23.9 Å². The molecule has 0 aromatic heterocycles. The summed E-state index contributed by atoms with van der Waals surface area (Å²) in [6, 6.07) is 60.9. The van der Waals surface area contributed by atoms with Gasteiger partial charge < -0.3 is 5.32 Å². The molecule has 4 unspecified atom stereocenters. The first-order valence-electron chi connectivity index (χ1n) is 19.2. The molecular weight excluding hydrogens is 701 g/mol. The first-order valence-corrected chi connectivity index (χ1v) is 20.1. The molecule has 4 nitrogen and oxygen atoms in total. The van der Waals surface area contributed by atoms with Crippen molar-refractivity contribution in [3.63, 3.8) is 0 Å². The van der Waals surface area contributed by atoms with Gasteiger partial charge in [-0.1, -0.05) is 170 Å². The SMILES string of the molecule is N#Cc1ccc(-c2cccc3c2C2C=CC(C4N=C(c5cccc6ccccc56)NC(c5ccccc5)N4)=CC2C32c3ccccc3Sc3ccccc32)cc1. The van der Waals surface area contributed by atoms with E-state index < -0.39 is 5.41 Å². The zero-order valence-corrected chi connectivity index (χ0v) is 31.2. The molecule has 4 aliphatic rings. The first-order chi connectivity index (χ1) is 27.7. The highest BCUT2D eigenvalue weighted by atomic mass is 32.2. The molecule has 2 aliphatic carbocycles. The molecule has 0 radical (unpaired) electrons. The maximum Gasteiger partial charge on any atom is 0.132 e. The monoisotopic (exact) mass is 736 g/mol. The summed E-state index contributed by atoms with van der Waals surface area (Å²) in [7, 11) is 0. The van der Waals surface area contributed by atoms with Crippen molar-refractivity contribution in [3.8, 4) is 17.2 Å². The minimum absolute atomic E-state index is 0.0725. The van der Waals surface area contributed by atoms with Crippen LogP contribution in [0.1, 0.15) is 51.0 Å². The molecule has 5 heteroatoms. The van der Waals surface area contributed by atoms with Gasteiger partial charge in [-0.05, 0) is 79.6 Å². The Labute approximate surface area is 331 Å². The third-order valence-corrected chi connectivity index (χ3v) is 13.3. The van der Waals surface area contributed by atoms with Gasteiger partial charge in [-0.25, -0.2) is 4.99 Å². The van der Waals surface area contributed by atoms with Crippen LogP contribution in [-0.2, 0) is 5.41 Å². The molecule has 11 rings (SSSR count). The minimum atomic E-state index is -0.440. The van der Waals surface area contributed by atoms with Crippen molar-refractivity contribution >= 4 is 28.4 Å². The highest BCUT2D eigenvalue weighted by Gasteiger charge is 2.57. The lowest BCUT2D eigenvalue weighted by Gasteiger charge is -2.44. The number of nitrogens with one attached hydrogen (secondary N) is 2. The fraction of sp³-hybridized carbons (Fsp3) is 0.0980. The van der Waals surface area contributed by atoms with Crippen molar-refractivity contribution in [2.24, 2.45) is 10.9 Å². The van der Waals surface area contributed by atoms with E-state index >= 15 is 0 Å². The van der Waals surface area contributed by atoms with Gasteiger partial charge >= 0.3 is 0 Å². The van der Waals surface area contributed by atoms with Crippen LogP contribution in [0.3, 0.4) is 0 Å². The molecule has 0 bridgehead atoms. The molecular formula is C51H36N4S. The lowest BCUT2D eigenvalue weighted by Crippen LogP contribution is -2.49. The number of aliphatic imine (C=N–C) groups is 1.